The van der Waals surface area contributed by atoms with Crippen LogP contribution in [0.1, 0.15) is 69.9 Å². The minimum Gasteiger partial charge on any atom is -0.466 e. The van der Waals surface area contributed by atoms with Crippen molar-refractivity contribution in [2.24, 2.45) is 10.9 Å². The lowest BCUT2D eigenvalue weighted by molar-refractivity contribution is -0.149. The maximum Gasteiger partial charge on any atom is 0.308 e. The van der Waals surface area contributed by atoms with Crippen molar-refractivity contribution in [2.45, 2.75) is 83.7 Å². The van der Waals surface area contributed by atoms with Crippen LogP contribution in [0.25, 0.3) is 0 Å². The fourth-order valence-electron chi connectivity index (χ4n) is 4.31. The van der Waals surface area contributed by atoms with E-state index in [0.29, 0.717) is 12.6 Å². The first-order valence-electron chi connectivity index (χ1n) is 11.3. The molecule has 29 heavy (non-hydrogen) atoms. The molecule has 3 rings (SSSR count). The maximum absolute atomic E-state index is 11.9. The number of hydrogen-bond donors (Lipinski definition) is 2. The molecule has 8 nitrogen and oxygen atoms in total. The molecule has 1 fully saturated rings. The Morgan fingerprint density at radius 3 is 2.79 bits per heavy atom. The number of nitrogens with zero attached hydrogens (tertiary/aromatic N) is 4. The monoisotopic (exact) mass is 404 g/mol. The molecule has 0 amide bonds. The van der Waals surface area contributed by atoms with Crippen molar-refractivity contribution < 1.29 is 9.53 Å². The average molecular weight is 405 g/mol. The number of fused-ring (bicyclic) bond motifs is 1. The first-order valence-corrected chi connectivity index (χ1v) is 11.3. The van der Waals surface area contributed by atoms with Gasteiger partial charge >= 0.3 is 5.97 Å². The highest BCUT2D eigenvalue weighted by atomic mass is 16.5. The highest BCUT2D eigenvalue weighted by Crippen LogP contribution is 2.25. The van der Waals surface area contributed by atoms with Gasteiger partial charge in [0, 0.05) is 39.0 Å². The van der Waals surface area contributed by atoms with Gasteiger partial charge in [0.05, 0.1) is 12.5 Å². The first kappa shape index (κ1) is 21.6. The topological polar surface area (TPSA) is 93.4 Å². The second kappa shape index (κ2) is 11.2. The molecule has 0 spiro atoms. The van der Waals surface area contributed by atoms with Crippen molar-refractivity contribution in [1.29, 1.82) is 0 Å². The van der Waals surface area contributed by atoms with Crippen LogP contribution in [0.15, 0.2) is 4.99 Å². The summed E-state index contributed by atoms with van der Waals surface area (Å²) >= 11 is 0. The number of esters is 1. The van der Waals surface area contributed by atoms with Crippen molar-refractivity contribution in [3.63, 3.8) is 0 Å². The molecule has 0 bridgehead atoms. The van der Waals surface area contributed by atoms with Gasteiger partial charge in [-0.15, -0.1) is 10.2 Å². The molecule has 2 heterocycles. The summed E-state index contributed by atoms with van der Waals surface area (Å²) in [5, 5.41) is 15.7. The summed E-state index contributed by atoms with van der Waals surface area (Å²) < 4.78 is 7.47. The number of nitrogens with one attached hydrogen (secondary N) is 2. The fraction of sp³-hybridized carbons (Fsp3) is 0.810. The zero-order valence-corrected chi connectivity index (χ0v) is 18.0. The lowest BCUT2D eigenvalue weighted by Crippen LogP contribution is -2.45. The Kier molecular flexibility index (Phi) is 8.31. The quantitative estimate of drug-likeness (QED) is 0.313. The molecule has 8 heteroatoms. The molecule has 1 aliphatic carbocycles. The van der Waals surface area contributed by atoms with E-state index in [1.165, 1.54) is 19.3 Å². The molecule has 1 aromatic heterocycles. The Labute approximate surface area is 173 Å². The van der Waals surface area contributed by atoms with Gasteiger partial charge in [-0.1, -0.05) is 6.42 Å². The second-order valence-electron chi connectivity index (χ2n) is 8.04. The highest BCUT2D eigenvalue weighted by molar-refractivity contribution is 5.80. The molecule has 1 aromatic rings. The molecule has 2 N–H and O–H groups in total. The molecule has 0 radical (unpaired) electrons. The van der Waals surface area contributed by atoms with Gasteiger partial charge in [0.2, 0.25) is 0 Å². The van der Waals surface area contributed by atoms with Crippen LogP contribution < -0.4 is 10.6 Å². The van der Waals surface area contributed by atoms with E-state index in [1.54, 1.807) is 7.05 Å². The number of guanidine groups is 1. The van der Waals surface area contributed by atoms with Crippen LogP contribution >= 0.6 is 0 Å². The minimum absolute atomic E-state index is 0.0418. The van der Waals surface area contributed by atoms with Crippen LogP contribution in [-0.4, -0.2) is 52.9 Å². The second-order valence-corrected chi connectivity index (χ2v) is 8.04. The molecule has 0 unspecified atom stereocenters. The third-order valence-electron chi connectivity index (χ3n) is 5.97. The summed E-state index contributed by atoms with van der Waals surface area (Å²) in [4.78, 5) is 16.2. The Bertz CT molecular complexity index is 679. The van der Waals surface area contributed by atoms with Crippen molar-refractivity contribution in [3.05, 3.63) is 11.6 Å². The number of hydrogen-bond acceptors (Lipinski definition) is 5. The lowest BCUT2D eigenvalue weighted by Gasteiger charge is -2.29. The number of carbonyl (C=O) groups excluding carboxylic acids is 1. The molecular weight excluding hydrogens is 368 g/mol. The van der Waals surface area contributed by atoms with Crippen molar-refractivity contribution in [2.75, 3.05) is 20.2 Å². The predicted octanol–water partition coefficient (Wildman–Crippen LogP) is 2.22. The van der Waals surface area contributed by atoms with Crippen LogP contribution in [0.2, 0.25) is 0 Å². The molecule has 0 atom stereocenters. The molecule has 2 aliphatic rings. The van der Waals surface area contributed by atoms with E-state index >= 15 is 0 Å². The minimum atomic E-state index is -0.0418. The molecule has 1 aliphatic heterocycles. The molecular formula is C21H36N6O2. The number of aromatic nitrogens is 3. The zero-order chi connectivity index (χ0) is 20.5. The van der Waals surface area contributed by atoms with E-state index in [2.05, 4.69) is 30.4 Å². The number of aryl methyl sites for hydroxylation is 2. The van der Waals surface area contributed by atoms with Gasteiger partial charge in [-0.2, -0.15) is 0 Å². The van der Waals surface area contributed by atoms with Gasteiger partial charge < -0.3 is 19.9 Å². The lowest BCUT2D eigenvalue weighted by atomic mass is 9.86. The van der Waals surface area contributed by atoms with Crippen LogP contribution in [0, 0.1) is 5.92 Å². The number of aliphatic imine (C=N–C) groups is 1. The summed E-state index contributed by atoms with van der Waals surface area (Å²) in [6.07, 6.45) is 10.4. The maximum atomic E-state index is 11.9. The summed E-state index contributed by atoms with van der Waals surface area (Å²) in [5.74, 6) is 3.12. The normalized spacial score (nSPS) is 22.5. The van der Waals surface area contributed by atoms with Gasteiger partial charge in [-0.25, -0.2) is 0 Å². The largest absolute Gasteiger partial charge is 0.466 e. The van der Waals surface area contributed by atoms with E-state index in [4.69, 9.17) is 4.74 Å². The smallest absolute Gasteiger partial charge is 0.308 e. The summed E-state index contributed by atoms with van der Waals surface area (Å²) in [6.45, 7) is 4.23. The van der Waals surface area contributed by atoms with Crippen LogP contribution in [0.4, 0.5) is 0 Å². The van der Waals surface area contributed by atoms with E-state index in [9.17, 15) is 4.79 Å². The SMILES string of the molecule is CCOC(=O)C1CCC(NC(=NC)NCCCc2nnc3n2CCCCC3)CC1. The van der Waals surface area contributed by atoms with E-state index in [0.717, 1.165) is 75.6 Å². The standard InChI is InChI=1S/C21H36N6O2/c1-3-29-20(28)16-10-12-17(13-11-16)24-21(22-2)23-14-7-9-19-26-25-18-8-5-4-6-15-27(18)19/h16-17H,3-15H2,1-2H3,(H2,22,23,24). The van der Waals surface area contributed by atoms with Crippen molar-refractivity contribution >= 4 is 11.9 Å². The van der Waals surface area contributed by atoms with Crippen molar-refractivity contribution in [1.82, 2.24) is 25.4 Å². The van der Waals surface area contributed by atoms with Crippen LogP contribution in [0.3, 0.4) is 0 Å². The summed E-state index contributed by atoms with van der Waals surface area (Å²) in [5.41, 5.74) is 0. The molecule has 162 valence electrons. The van der Waals surface area contributed by atoms with E-state index in [-0.39, 0.29) is 11.9 Å². The Morgan fingerprint density at radius 2 is 2.03 bits per heavy atom. The Balaban J connectivity index is 1.36. The average Bonchev–Trinajstić information content (AvgIpc) is 2.96. The van der Waals surface area contributed by atoms with E-state index in [1.807, 2.05) is 6.92 Å². The first-order chi connectivity index (χ1) is 14.2. The van der Waals surface area contributed by atoms with Gasteiger partial charge in [0.15, 0.2) is 5.96 Å². The number of rotatable bonds is 7. The molecule has 1 saturated carbocycles. The van der Waals surface area contributed by atoms with Gasteiger partial charge in [0.25, 0.3) is 0 Å². The van der Waals surface area contributed by atoms with E-state index < -0.39 is 0 Å². The summed E-state index contributed by atoms with van der Waals surface area (Å²) in [7, 11) is 1.80. The van der Waals surface area contributed by atoms with Gasteiger partial charge in [-0.05, 0) is 51.9 Å². The molecule has 0 aromatic carbocycles. The number of carbonyl (C=O) groups is 1. The Morgan fingerprint density at radius 1 is 1.21 bits per heavy atom. The third-order valence-corrected chi connectivity index (χ3v) is 5.97. The molecule has 0 saturated heterocycles. The van der Waals surface area contributed by atoms with Crippen molar-refractivity contribution in [3.8, 4) is 0 Å². The third kappa shape index (κ3) is 6.18. The fourth-order valence-corrected chi connectivity index (χ4v) is 4.31. The predicted molar refractivity (Wildman–Crippen MR) is 113 cm³/mol. The van der Waals surface area contributed by atoms with Crippen LogP contribution in [-0.2, 0) is 28.9 Å². The highest BCUT2D eigenvalue weighted by Gasteiger charge is 2.27. The Hall–Kier alpha value is -2.12. The van der Waals surface area contributed by atoms with Gasteiger partial charge in [-0.3, -0.25) is 9.79 Å². The van der Waals surface area contributed by atoms with Crippen LogP contribution in [0.5, 0.6) is 0 Å². The number of ether oxygens (including phenoxy) is 1. The van der Waals surface area contributed by atoms with Gasteiger partial charge in [0.1, 0.15) is 11.6 Å². The zero-order valence-electron chi connectivity index (χ0n) is 18.0. The summed E-state index contributed by atoms with van der Waals surface area (Å²) in [6, 6.07) is 0.360.